The molecule has 0 aromatic heterocycles. The van der Waals surface area contributed by atoms with Gasteiger partial charge in [-0.3, -0.25) is 9.59 Å². The molecule has 2 aromatic rings. The number of methoxy groups -OCH3 is 1. The molecule has 1 heterocycles. The summed E-state index contributed by atoms with van der Waals surface area (Å²) in [6.07, 6.45) is 0.836. The Labute approximate surface area is 170 Å². The van der Waals surface area contributed by atoms with E-state index in [4.69, 9.17) is 9.47 Å². The van der Waals surface area contributed by atoms with E-state index < -0.39 is 0 Å². The van der Waals surface area contributed by atoms with Crippen LogP contribution in [-0.4, -0.2) is 38.6 Å². The molecular formula is C20H24ClN3O4. The van der Waals surface area contributed by atoms with Crippen molar-refractivity contribution in [3.05, 3.63) is 48.5 Å². The summed E-state index contributed by atoms with van der Waals surface area (Å²) in [5.41, 5.74) is 1.24. The first kappa shape index (κ1) is 21.5. The smallest absolute Gasteiger partial charge is 0.262 e. The molecule has 0 saturated carbocycles. The van der Waals surface area contributed by atoms with Crippen LogP contribution in [0.5, 0.6) is 11.5 Å². The molecule has 0 spiro atoms. The Hall–Kier alpha value is -2.77. The fourth-order valence-corrected chi connectivity index (χ4v) is 2.88. The lowest BCUT2D eigenvalue weighted by molar-refractivity contribution is -0.119. The Balaban J connectivity index is 0.00000280. The first-order valence-electron chi connectivity index (χ1n) is 8.83. The summed E-state index contributed by atoms with van der Waals surface area (Å²) in [5.74, 6) is 0.739. The van der Waals surface area contributed by atoms with Crippen LogP contribution in [0.4, 0.5) is 11.4 Å². The van der Waals surface area contributed by atoms with Gasteiger partial charge in [0.25, 0.3) is 5.91 Å². The van der Waals surface area contributed by atoms with Crippen molar-refractivity contribution in [2.24, 2.45) is 5.92 Å². The van der Waals surface area contributed by atoms with Crippen molar-refractivity contribution >= 4 is 35.6 Å². The number of anilines is 2. The van der Waals surface area contributed by atoms with Crippen LogP contribution in [0.2, 0.25) is 0 Å². The zero-order valence-corrected chi connectivity index (χ0v) is 16.4. The van der Waals surface area contributed by atoms with Crippen molar-refractivity contribution < 1.29 is 19.1 Å². The zero-order chi connectivity index (χ0) is 19.1. The van der Waals surface area contributed by atoms with E-state index in [1.165, 1.54) is 0 Å². The van der Waals surface area contributed by atoms with Gasteiger partial charge < -0.3 is 25.4 Å². The number of para-hydroxylation sites is 2. The van der Waals surface area contributed by atoms with Gasteiger partial charge in [0.05, 0.1) is 13.0 Å². The number of hydrogen-bond donors (Lipinski definition) is 3. The second kappa shape index (κ2) is 10.5. The number of carbonyl (C=O) groups excluding carboxylic acids is 2. The summed E-state index contributed by atoms with van der Waals surface area (Å²) in [7, 11) is 1.55. The molecule has 1 aliphatic heterocycles. The Morgan fingerprint density at radius 2 is 1.79 bits per heavy atom. The molecule has 28 heavy (non-hydrogen) atoms. The molecule has 2 amide bonds. The summed E-state index contributed by atoms with van der Waals surface area (Å²) in [5, 5.41) is 8.83. The summed E-state index contributed by atoms with van der Waals surface area (Å²) in [6.45, 7) is 1.41. The van der Waals surface area contributed by atoms with E-state index in [2.05, 4.69) is 16.0 Å². The van der Waals surface area contributed by atoms with Gasteiger partial charge in [-0.15, -0.1) is 12.4 Å². The maximum absolute atomic E-state index is 12.2. The van der Waals surface area contributed by atoms with Crippen LogP contribution in [-0.2, 0) is 9.59 Å². The van der Waals surface area contributed by atoms with Gasteiger partial charge in [0.15, 0.2) is 18.1 Å². The highest BCUT2D eigenvalue weighted by Crippen LogP contribution is 2.25. The molecule has 3 rings (SSSR count). The Bertz CT molecular complexity index is 810. The van der Waals surface area contributed by atoms with E-state index in [1.54, 1.807) is 43.5 Å². The summed E-state index contributed by atoms with van der Waals surface area (Å²) in [4.78, 5) is 24.4. The number of nitrogens with one attached hydrogen (secondary N) is 3. The Morgan fingerprint density at radius 3 is 2.46 bits per heavy atom. The van der Waals surface area contributed by atoms with Crippen LogP contribution < -0.4 is 25.4 Å². The molecule has 1 atom stereocenters. The fourth-order valence-electron chi connectivity index (χ4n) is 2.88. The Morgan fingerprint density at radius 1 is 1.07 bits per heavy atom. The quantitative estimate of drug-likeness (QED) is 0.659. The van der Waals surface area contributed by atoms with Crippen molar-refractivity contribution in [1.82, 2.24) is 5.32 Å². The van der Waals surface area contributed by atoms with Gasteiger partial charge in [0, 0.05) is 17.9 Å². The first-order chi connectivity index (χ1) is 13.2. The highest BCUT2D eigenvalue weighted by atomic mass is 35.5. The van der Waals surface area contributed by atoms with Crippen molar-refractivity contribution in [1.29, 1.82) is 0 Å². The molecule has 0 bridgehead atoms. The molecule has 3 N–H and O–H groups in total. The van der Waals surface area contributed by atoms with Gasteiger partial charge >= 0.3 is 0 Å². The lowest BCUT2D eigenvalue weighted by atomic mass is 10.1. The van der Waals surface area contributed by atoms with Gasteiger partial charge in [0.1, 0.15) is 0 Å². The molecule has 7 nitrogen and oxygen atoms in total. The van der Waals surface area contributed by atoms with E-state index in [1.807, 2.05) is 12.1 Å². The van der Waals surface area contributed by atoms with Gasteiger partial charge in [-0.25, -0.2) is 0 Å². The normalized spacial score (nSPS) is 15.2. The minimum atomic E-state index is -0.302. The number of carbonyl (C=O) groups is 2. The molecular weight excluding hydrogens is 382 g/mol. The average molecular weight is 406 g/mol. The molecule has 150 valence electrons. The summed E-state index contributed by atoms with van der Waals surface area (Å²) < 4.78 is 10.7. The average Bonchev–Trinajstić information content (AvgIpc) is 3.22. The number of rotatable bonds is 7. The maximum Gasteiger partial charge on any atom is 0.262 e. The SMILES string of the molecule is COc1ccccc1OCC(=O)Nc1cccc(NC(=O)C2CCNC2)c1.Cl. The molecule has 0 aliphatic carbocycles. The molecule has 1 fully saturated rings. The zero-order valence-electron chi connectivity index (χ0n) is 15.6. The highest BCUT2D eigenvalue weighted by Gasteiger charge is 2.22. The number of amides is 2. The molecule has 1 saturated heterocycles. The van der Waals surface area contributed by atoms with Crippen molar-refractivity contribution in [3.63, 3.8) is 0 Å². The number of hydrogen-bond acceptors (Lipinski definition) is 5. The van der Waals surface area contributed by atoms with Crippen LogP contribution >= 0.6 is 12.4 Å². The monoisotopic (exact) mass is 405 g/mol. The minimum Gasteiger partial charge on any atom is -0.493 e. The second-order valence-electron chi connectivity index (χ2n) is 6.25. The topological polar surface area (TPSA) is 88.7 Å². The fraction of sp³-hybridized carbons (Fsp3) is 0.300. The summed E-state index contributed by atoms with van der Waals surface area (Å²) in [6, 6.07) is 14.2. The number of ether oxygens (including phenoxy) is 2. The minimum absolute atomic E-state index is 0. The largest absolute Gasteiger partial charge is 0.493 e. The van der Waals surface area contributed by atoms with E-state index in [0.29, 0.717) is 29.4 Å². The maximum atomic E-state index is 12.2. The van der Waals surface area contributed by atoms with Gasteiger partial charge in [-0.05, 0) is 43.3 Å². The molecule has 2 aromatic carbocycles. The van der Waals surface area contributed by atoms with E-state index in [9.17, 15) is 9.59 Å². The molecule has 1 unspecified atom stereocenters. The highest BCUT2D eigenvalue weighted by molar-refractivity contribution is 5.95. The molecule has 8 heteroatoms. The lowest BCUT2D eigenvalue weighted by Gasteiger charge is -2.12. The predicted molar refractivity (Wildman–Crippen MR) is 110 cm³/mol. The Kier molecular flexibility index (Phi) is 8.10. The lowest BCUT2D eigenvalue weighted by Crippen LogP contribution is -2.24. The van der Waals surface area contributed by atoms with Crippen molar-refractivity contribution in [2.75, 3.05) is 37.4 Å². The number of benzene rings is 2. The van der Waals surface area contributed by atoms with Gasteiger partial charge in [-0.2, -0.15) is 0 Å². The third kappa shape index (κ3) is 5.87. The molecule has 1 aliphatic rings. The van der Waals surface area contributed by atoms with Gasteiger partial charge in [0.2, 0.25) is 5.91 Å². The first-order valence-corrected chi connectivity index (χ1v) is 8.83. The van der Waals surface area contributed by atoms with Gasteiger partial charge in [-0.1, -0.05) is 18.2 Å². The van der Waals surface area contributed by atoms with Crippen molar-refractivity contribution in [2.45, 2.75) is 6.42 Å². The van der Waals surface area contributed by atoms with Crippen LogP contribution in [0.15, 0.2) is 48.5 Å². The summed E-state index contributed by atoms with van der Waals surface area (Å²) >= 11 is 0. The molecule has 0 radical (unpaired) electrons. The van der Waals surface area contributed by atoms with Crippen LogP contribution in [0, 0.1) is 5.92 Å². The standard InChI is InChI=1S/C20H23N3O4.ClH/c1-26-17-7-2-3-8-18(17)27-13-19(24)22-15-5-4-6-16(11-15)23-20(25)14-9-10-21-12-14;/h2-8,11,14,21H,9-10,12-13H2,1H3,(H,22,24)(H,23,25);1H. The van der Waals surface area contributed by atoms with E-state index in [-0.39, 0.29) is 36.7 Å². The van der Waals surface area contributed by atoms with Crippen LogP contribution in [0.1, 0.15) is 6.42 Å². The van der Waals surface area contributed by atoms with E-state index >= 15 is 0 Å². The van der Waals surface area contributed by atoms with E-state index in [0.717, 1.165) is 13.0 Å². The van der Waals surface area contributed by atoms with Crippen LogP contribution in [0.25, 0.3) is 0 Å². The van der Waals surface area contributed by atoms with Crippen molar-refractivity contribution in [3.8, 4) is 11.5 Å². The second-order valence-corrected chi connectivity index (χ2v) is 6.25. The van der Waals surface area contributed by atoms with Crippen LogP contribution in [0.3, 0.4) is 0 Å². The predicted octanol–water partition coefficient (Wildman–Crippen LogP) is 2.68. The number of halogens is 1. The third-order valence-corrected chi connectivity index (χ3v) is 4.27. The third-order valence-electron chi connectivity index (χ3n) is 4.27.